The van der Waals surface area contributed by atoms with Crippen LogP contribution in [0.15, 0.2) is 72.9 Å². The van der Waals surface area contributed by atoms with Gasteiger partial charge >= 0.3 is 39.5 Å². The number of esters is 4. The van der Waals surface area contributed by atoms with Gasteiger partial charge in [-0.15, -0.1) is 0 Å². The van der Waals surface area contributed by atoms with Crippen LogP contribution in [0.3, 0.4) is 0 Å². The number of carbonyl (C=O) groups is 4. The Labute approximate surface area is 596 Å². The maximum absolute atomic E-state index is 13.1. The molecule has 5 unspecified atom stereocenters. The van der Waals surface area contributed by atoms with Gasteiger partial charge in [-0.3, -0.25) is 37.3 Å². The molecule has 5 atom stereocenters. The number of carbonyl (C=O) groups excluding carboxylic acids is 4. The van der Waals surface area contributed by atoms with Crippen LogP contribution in [0.1, 0.15) is 349 Å². The molecule has 0 aliphatic heterocycles. The van der Waals surface area contributed by atoms with Crippen LogP contribution in [-0.4, -0.2) is 96.7 Å². The first-order chi connectivity index (χ1) is 47.7. The predicted octanol–water partition coefficient (Wildman–Crippen LogP) is 22.4. The van der Waals surface area contributed by atoms with Crippen LogP contribution in [0, 0.1) is 0 Å². The van der Waals surface area contributed by atoms with Crippen LogP contribution in [-0.2, 0) is 65.4 Å². The summed E-state index contributed by atoms with van der Waals surface area (Å²) in [6.07, 6.45) is 71.7. The van der Waals surface area contributed by atoms with E-state index < -0.39 is 97.5 Å². The van der Waals surface area contributed by atoms with E-state index in [4.69, 9.17) is 37.0 Å². The van der Waals surface area contributed by atoms with E-state index in [2.05, 4.69) is 101 Å². The lowest BCUT2D eigenvalue weighted by Crippen LogP contribution is -2.30. The van der Waals surface area contributed by atoms with Gasteiger partial charge < -0.3 is 33.8 Å². The maximum Gasteiger partial charge on any atom is 0.472 e. The van der Waals surface area contributed by atoms with Gasteiger partial charge in [0.2, 0.25) is 0 Å². The number of hydrogen-bond acceptors (Lipinski definition) is 15. The molecule has 0 aromatic carbocycles. The van der Waals surface area contributed by atoms with Crippen molar-refractivity contribution in [2.24, 2.45) is 0 Å². The lowest BCUT2D eigenvalue weighted by molar-refractivity contribution is -0.161. The Balaban J connectivity index is 5.33. The SMILES string of the molecule is CC/C=C\C/C=C\C/C=C\C/C=C\CCCCCCC(=O)OCC(COP(=O)(O)OCC(O)COP(=O)(O)OCC(COC(=O)CCCCCCCCCCCCCCCCC)OC(=O)CCCCCCC/C=C\CCCCCC)OC(=O)CCCCCCC/C=C\CCCCCC. The number of unbranched alkanes of at least 4 members (excludes halogenated alkanes) is 36. The summed E-state index contributed by atoms with van der Waals surface area (Å²) in [7, 11) is -9.95. The molecule has 0 radical (unpaired) electrons. The zero-order valence-corrected chi connectivity index (χ0v) is 64.0. The molecule has 0 spiro atoms. The molecule has 19 heteroatoms. The molecular weight excluding hydrogens is 1280 g/mol. The molecule has 0 amide bonds. The highest BCUT2D eigenvalue weighted by Gasteiger charge is 2.30. The Morgan fingerprint density at radius 2 is 0.531 bits per heavy atom. The molecule has 0 bridgehead atoms. The van der Waals surface area contributed by atoms with Gasteiger partial charge in [-0.1, -0.05) is 280 Å². The Bertz CT molecular complexity index is 2140. The van der Waals surface area contributed by atoms with Crippen LogP contribution in [0.2, 0.25) is 0 Å². The summed E-state index contributed by atoms with van der Waals surface area (Å²) < 4.78 is 68.5. The second kappa shape index (κ2) is 71.9. The summed E-state index contributed by atoms with van der Waals surface area (Å²) in [5.74, 6) is -2.19. The predicted molar refractivity (Wildman–Crippen MR) is 400 cm³/mol. The van der Waals surface area contributed by atoms with Crippen molar-refractivity contribution >= 4 is 39.5 Å². The number of aliphatic hydroxyl groups excluding tert-OH is 1. The van der Waals surface area contributed by atoms with Crippen molar-refractivity contribution in [1.82, 2.24) is 0 Å². The van der Waals surface area contributed by atoms with E-state index in [1.807, 2.05) is 0 Å². The quantitative estimate of drug-likeness (QED) is 0.0169. The third-order valence-corrected chi connectivity index (χ3v) is 18.6. The highest BCUT2D eigenvalue weighted by atomic mass is 31.2. The fourth-order valence-electron chi connectivity index (χ4n) is 10.7. The average Bonchev–Trinajstić information content (AvgIpc) is 0.969. The van der Waals surface area contributed by atoms with Gasteiger partial charge in [-0.25, -0.2) is 9.13 Å². The van der Waals surface area contributed by atoms with Crippen molar-refractivity contribution < 1.29 is 80.2 Å². The topological polar surface area (TPSA) is 237 Å². The number of aliphatic hydroxyl groups is 1. The van der Waals surface area contributed by atoms with Crippen molar-refractivity contribution in [3.63, 3.8) is 0 Å². The summed E-state index contributed by atoms with van der Waals surface area (Å²) in [4.78, 5) is 72.9. The Hall–Kier alpha value is -3.50. The van der Waals surface area contributed by atoms with Gasteiger partial charge in [0.15, 0.2) is 12.2 Å². The summed E-state index contributed by atoms with van der Waals surface area (Å²) in [5.41, 5.74) is 0. The highest BCUT2D eigenvalue weighted by molar-refractivity contribution is 7.47. The minimum absolute atomic E-state index is 0.0812. The molecule has 98 heavy (non-hydrogen) atoms. The molecule has 0 saturated carbocycles. The summed E-state index contributed by atoms with van der Waals surface area (Å²) in [6, 6.07) is 0. The zero-order valence-electron chi connectivity index (χ0n) is 62.2. The fraction of sp³-hybridized carbons (Fsp3) is 0.797. The van der Waals surface area contributed by atoms with Crippen molar-refractivity contribution in [3.8, 4) is 0 Å². The molecule has 0 heterocycles. The van der Waals surface area contributed by atoms with Crippen LogP contribution >= 0.6 is 15.6 Å². The molecular formula is C79H142O17P2. The van der Waals surface area contributed by atoms with Gasteiger partial charge in [-0.2, -0.15) is 0 Å². The Morgan fingerprint density at radius 1 is 0.296 bits per heavy atom. The minimum atomic E-state index is -4.98. The Kier molecular flexibility index (Phi) is 69.3. The molecule has 3 N–H and O–H groups in total. The molecule has 0 aromatic heterocycles. The van der Waals surface area contributed by atoms with E-state index in [0.717, 1.165) is 148 Å². The van der Waals surface area contributed by atoms with Gasteiger partial charge in [0.1, 0.15) is 19.3 Å². The first-order valence-corrected chi connectivity index (χ1v) is 42.2. The fourth-order valence-corrected chi connectivity index (χ4v) is 12.3. The number of allylic oxidation sites excluding steroid dienone is 12. The lowest BCUT2D eigenvalue weighted by Gasteiger charge is -2.21. The van der Waals surface area contributed by atoms with Crippen LogP contribution in [0.25, 0.3) is 0 Å². The van der Waals surface area contributed by atoms with Crippen LogP contribution < -0.4 is 0 Å². The second-order valence-corrected chi connectivity index (χ2v) is 29.2. The molecule has 0 aliphatic carbocycles. The van der Waals surface area contributed by atoms with Gasteiger partial charge in [0.25, 0.3) is 0 Å². The first kappa shape index (κ1) is 94.5. The van der Waals surface area contributed by atoms with E-state index in [1.165, 1.54) is 122 Å². The highest BCUT2D eigenvalue weighted by Crippen LogP contribution is 2.45. The third-order valence-electron chi connectivity index (χ3n) is 16.7. The van der Waals surface area contributed by atoms with Gasteiger partial charge in [0.05, 0.1) is 26.4 Å². The number of phosphoric acid groups is 2. The largest absolute Gasteiger partial charge is 0.472 e. The lowest BCUT2D eigenvalue weighted by atomic mass is 10.0. The van der Waals surface area contributed by atoms with Crippen LogP contribution in [0.4, 0.5) is 0 Å². The summed E-state index contributed by atoms with van der Waals surface area (Å²) in [6.45, 7) is 4.74. The minimum Gasteiger partial charge on any atom is -0.462 e. The number of hydrogen-bond donors (Lipinski definition) is 3. The van der Waals surface area contributed by atoms with Crippen molar-refractivity contribution in [2.75, 3.05) is 39.6 Å². The average molecular weight is 1430 g/mol. The van der Waals surface area contributed by atoms with Gasteiger partial charge in [-0.05, 0) is 116 Å². The molecule has 0 fully saturated rings. The smallest absolute Gasteiger partial charge is 0.462 e. The van der Waals surface area contributed by atoms with Crippen molar-refractivity contribution in [1.29, 1.82) is 0 Å². The zero-order chi connectivity index (χ0) is 71.8. The molecule has 0 aromatic rings. The van der Waals surface area contributed by atoms with E-state index in [1.54, 1.807) is 0 Å². The van der Waals surface area contributed by atoms with Crippen LogP contribution in [0.5, 0.6) is 0 Å². The molecule has 0 aliphatic rings. The van der Waals surface area contributed by atoms with E-state index in [9.17, 15) is 43.2 Å². The molecule has 570 valence electrons. The second-order valence-electron chi connectivity index (χ2n) is 26.3. The van der Waals surface area contributed by atoms with Gasteiger partial charge in [0, 0.05) is 25.7 Å². The Morgan fingerprint density at radius 3 is 0.837 bits per heavy atom. The van der Waals surface area contributed by atoms with E-state index in [-0.39, 0.29) is 25.7 Å². The standard InChI is InChI=1S/C79H142O17P2/c1-5-9-13-17-21-25-29-33-35-36-38-42-44-48-52-56-60-64-77(82)90-70-75(96-79(84)66-62-58-54-50-46-40-32-28-24-20-16-12-8-4)72-94-98(87,88)92-68-73(80)67-91-97(85,86)93-71-74(95-78(83)65-61-57-53-49-45-39-31-27-23-19-15-11-7-3)69-89-76(81)63-59-55-51-47-43-41-37-34-30-26-22-18-14-10-6-2/h9,13,21,25,27-28,31-33,35,38,42,73-75,80H,5-8,10-12,14-20,22-24,26,29-30,34,36-37,39-41,43-72H2,1-4H3,(H,85,86)(H,87,88)/b13-9-,25-21-,31-27-,32-28-,35-33-,42-38-. The third kappa shape index (κ3) is 70.9. The van der Waals surface area contributed by atoms with E-state index >= 15 is 0 Å². The molecule has 0 rings (SSSR count). The number of rotatable bonds is 74. The maximum atomic E-state index is 13.1. The molecule has 17 nitrogen and oxygen atoms in total. The number of phosphoric ester groups is 2. The van der Waals surface area contributed by atoms with E-state index in [0.29, 0.717) is 25.7 Å². The molecule has 0 saturated heterocycles. The number of ether oxygens (including phenoxy) is 4. The summed E-state index contributed by atoms with van der Waals surface area (Å²) >= 11 is 0. The first-order valence-electron chi connectivity index (χ1n) is 39.2. The van der Waals surface area contributed by atoms with Crippen molar-refractivity contribution in [3.05, 3.63) is 72.9 Å². The normalized spacial score (nSPS) is 14.3. The van der Waals surface area contributed by atoms with Crippen molar-refractivity contribution in [2.45, 2.75) is 367 Å². The monoisotopic (exact) mass is 1420 g/mol. The summed E-state index contributed by atoms with van der Waals surface area (Å²) in [5, 5.41) is 10.6.